The summed E-state index contributed by atoms with van der Waals surface area (Å²) >= 11 is 0.849. The van der Waals surface area contributed by atoms with Crippen molar-refractivity contribution >= 4 is 32.7 Å². The Labute approximate surface area is 157 Å². The fourth-order valence-electron chi connectivity index (χ4n) is 1.92. The summed E-state index contributed by atoms with van der Waals surface area (Å²) in [6.45, 7) is 0. The highest BCUT2D eigenvalue weighted by atomic mass is 32.2. The summed E-state index contributed by atoms with van der Waals surface area (Å²) in [7, 11) is -1.30. The van der Waals surface area contributed by atoms with Crippen LogP contribution >= 0.6 is 11.8 Å². The number of thioether (sulfide) groups is 1. The average Bonchev–Trinajstić information content (AvgIpc) is 2.53. The van der Waals surface area contributed by atoms with Crippen LogP contribution in [0.15, 0.2) is 52.3 Å². The van der Waals surface area contributed by atoms with Crippen LogP contribution in [0, 0.1) is 5.82 Å². The summed E-state index contributed by atoms with van der Waals surface area (Å²) in [6.07, 6.45) is -5.03. The van der Waals surface area contributed by atoms with E-state index in [1.807, 2.05) is 0 Å². The number of anilines is 1. The molecule has 27 heavy (non-hydrogen) atoms. The molecular weight excluding hydrogens is 408 g/mol. The van der Waals surface area contributed by atoms with Crippen LogP contribution < -0.4 is 4.72 Å². The molecule has 146 valence electrons. The van der Waals surface area contributed by atoms with Gasteiger partial charge in [0.25, 0.3) is 15.3 Å². The van der Waals surface area contributed by atoms with E-state index in [2.05, 4.69) is 4.72 Å². The Kier molecular flexibility index (Phi) is 6.05. The number of hydrogen-bond acceptors (Lipinski definition) is 4. The van der Waals surface area contributed by atoms with E-state index in [0.29, 0.717) is 11.0 Å². The van der Waals surface area contributed by atoms with E-state index in [-0.39, 0.29) is 17.0 Å². The largest absolute Gasteiger partial charge is 0.419 e. The first-order chi connectivity index (χ1) is 12.4. The lowest BCUT2D eigenvalue weighted by Crippen LogP contribution is -2.16. The van der Waals surface area contributed by atoms with Gasteiger partial charge >= 0.3 is 6.18 Å². The highest BCUT2D eigenvalue weighted by Gasteiger charge is 2.35. The van der Waals surface area contributed by atoms with E-state index in [9.17, 15) is 30.8 Å². The van der Waals surface area contributed by atoms with Crippen LogP contribution in [0.1, 0.15) is 5.56 Å². The Morgan fingerprint density at radius 2 is 1.78 bits per heavy atom. The van der Waals surface area contributed by atoms with Crippen LogP contribution in [0.4, 0.5) is 28.0 Å². The molecule has 11 heteroatoms. The van der Waals surface area contributed by atoms with Gasteiger partial charge in [-0.05, 0) is 48.2 Å². The van der Waals surface area contributed by atoms with Crippen LogP contribution in [-0.4, -0.2) is 32.7 Å². The minimum absolute atomic E-state index is 0.0458. The quantitative estimate of drug-likeness (QED) is 0.585. The second-order valence-corrected chi connectivity index (χ2v) is 8.24. The van der Waals surface area contributed by atoms with Gasteiger partial charge in [-0.1, -0.05) is 6.07 Å². The average molecular weight is 422 g/mol. The lowest BCUT2D eigenvalue weighted by atomic mass is 10.2. The van der Waals surface area contributed by atoms with Gasteiger partial charge in [-0.3, -0.25) is 9.52 Å². The monoisotopic (exact) mass is 422 g/mol. The fourth-order valence-corrected chi connectivity index (χ4v) is 3.71. The molecule has 2 aromatic carbocycles. The molecule has 1 amide bonds. The topological polar surface area (TPSA) is 66.5 Å². The molecule has 0 unspecified atom stereocenters. The van der Waals surface area contributed by atoms with E-state index < -0.39 is 32.5 Å². The highest BCUT2D eigenvalue weighted by molar-refractivity contribution is 8.13. The summed E-state index contributed by atoms with van der Waals surface area (Å²) < 4.78 is 78.5. The van der Waals surface area contributed by atoms with Crippen molar-refractivity contribution in [2.24, 2.45) is 0 Å². The number of sulfonamides is 1. The van der Waals surface area contributed by atoms with E-state index in [4.69, 9.17) is 0 Å². The van der Waals surface area contributed by atoms with Gasteiger partial charge in [0.15, 0.2) is 0 Å². The fraction of sp³-hybridized carbons (Fsp3) is 0.188. The Morgan fingerprint density at radius 1 is 1.11 bits per heavy atom. The van der Waals surface area contributed by atoms with Gasteiger partial charge in [0.2, 0.25) is 0 Å². The Balaban J connectivity index is 2.31. The van der Waals surface area contributed by atoms with Crippen molar-refractivity contribution in [1.29, 1.82) is 0 Å². The molecule has 0 spiro atoms. The molecule has 0 atom stereocenters. The minimum atomic E-state index is -5.03. The van der Waals surface area contributed by atoms with Gasteiger partial charge in [0.05, 0.1) is 10.5 Å². The smallest absolute Gasteiger partial charge is 0.339 e. The maximum atomic E-state index is 13.3. The van der Waals surface area contributed by atoms with Crippen molar-refractivity contribution < 1.29 is 30.8 Å². The summed E-state index contributed by atoms with van der Waals surface area (Å²) in [5.74, 6) is -1.57. The molecule has 0 saturated heterocycles. The molecular formula is C16H14F4N2O3S2. The Bertz CT molecular complexity index is 960. The van der Waals surface area contributed by atoms with E-state index in [1.165, 1.54) is 23.1 Å². The van der Waals surface area contributed by atoms with Crippen LogP contribution in [0.5, 0.6) is 0 Å². The predicted molar refractivity (Wildman–Crippen MR) is 93.6 cm³/mol. The second kappa shape index (κ2) is 7.77. The number of carbonyl (C=O) groups is 1. The van der Waals surface area contributed by atoms with Gasteiger partial charge in [0.1, 0.15) is 5.82 Å². The third-order valence-electron chi connectivity index (χ3n) is 3.21. The van der Waals surface area contributed by atoms with Crippen molar-refractivity contribution in [3.05, 3.63) is 53.8 Å². The SMILES string of the molecule is CN(C)C(=O)Sc1cccc(NS(=O)(=O)c2ccc(F)c(C(F)(F)F)c2)c1. The van der Waals surface area contributed by atoms with Crippen LogP contribution in [0.3, 0.4) is 0 Å². The third kappa shape index (κ3) is 5.36. The second-order valence-electron chi connectivity index (χ2n) is 5.54. The van der Waals surface area contributed by atoms with Gasteiger partial charge in [-0.2, -0.15) is 13.2 Å². The molecule has 0 aliphatic rings. The number of alkyl halides is 3. The summed E-state index contributed by atoms with van der Waals surface area (Å²) in [5, 5.41) is -0.289. The zero-order valence-electron chi connectivity index (χ0n) is 14.0. The Hall–Kier alpha value is -2.27. The normalized spacial score (nSPS) is 11.9. The predicted octanol–water partition coefficient (Wildman–Crippen LogP) is 4.42. The maximum absolute atomic E-state index is 13.3. The molecule has 0 radical (unpaired) electrons. The minimum Gasteiger partial charge on any atom is -0.339 e. The van der Waals surface area contributed by atoms with Crippen molar-refractivity contribution in [3.63, 3.8) is 0 Å². The number of rotatable bonds is 4. The molecule has 0 fully saturated rings. The number of carbonyl (C=O) groups excluding carboxylic acids is 1. The molecule has 0 heterocycles. The number of hydrogen-bond donors (Lipinski definition) is 1. The number of nitrogens with zero attached hydrogens (tertiary/aromatic N) is 1. The standard InChI is InChI=1S/C16H14F4N2O3S2/c1-22(2)15(23)26-11-5-3-4-10(8-11)21-27(24,25)12-6-7-14(17)13(9-12)16(18,19)20/h3-9,21H,1-2H3. The summed E-state index contributed by atoms with van der Waals surface area (Å²) in [6, 6.07) is 7.19. The molecule has 5 nitrogen and oxygen atoms in total. The van der Waals surface area contributed by atoms with Crippen molar-refractivity contribution in [2.45, 2.75) is 16.0 Å². The highest BCUT2D eigenvalue weighted by Crippen LogP contribution is 2.33. The van der Waals surface area contributed by atoms with Crippen LogP contribution in [0.25, 0.3) is 0 Å². The third-order valence-corrected chi connectivity index (χ3v) is 5.62. The number of benzene rings is 2. The van der Waals surface area contributed by atoms with E-state index in [1.54, 1.807) is 20.2 Å². The lowest BCUT2D eigenvalue weighted by molar-refractivity contribution is -0.140. The summed E-state index contributed by atoms with van der Waals surface area (Å²) in [5.41, 5.74) is -1.63. The van der Waals surface area contributed by atoms with Crippen molar-refractivity contribution in [1.82, 2.24) is 4.90 Å². The first-order valence-corrected chi connectivity index (χ1v) is 9.59. The first-order valence-electron chi connectivity index (χ1n) is 7.29. The van der Waals surface area contributed by atoms with Crippen molar-refractivity contribution in [2.75, 3.05) is 18.8 Å². The van der Waals surface area contributed by atoms with E-state index >= 15 is 0 Å². The first kappa shape index (κ1) is 21.0. The molecule has 1 N–H and O–H groups in total. The molecule has 2 rings (SSSR count). The Morgan fingerprint density at radius 3 is 2.37 bits per heavy atom. The molecule has 0 aliphatic heterocycles. The van der Waals surface area contributed by atoms with Gasteiger partial charge < -0.3 is 4.90 Å². The van der Waals surface area contributed by atoms with Crippen molar-refractivity contribution in [3.8, 4) is 0 Å². The van der Waals surface area contributed by atoms with Gasteiger partial charge in [0, 0.05) is 24.7 Å². The molecule has 0 aromatic heterocycles. The number of halogens is 4. The number of nitrogens with one attached hydrogen (secondary N) is 1. The maximum Gasteiger partial charge on any atom is 0.419 e. The zero-order valence-corrected chi connectivity index (χ0v) is 15.7. The van der Waals surface area contributed by atoms with Crippen LogP contribution in [-0.2, 0) is 16.2 Å². The van der Waals surface area contributed by atoms with E-state index in [0.717, 1.165) is 17.8 Å². The number of amides is 1. The molecule has 0 bridgehead atoms. The van der Waals surface area contributed by atoms with Gasteiger partial charge in [-0.15, -0.1) is 0 Å². The zero-order chi connectivity index (χ0) is 20.4. The molecule has 2 aromatic rings. The lowest BCUT2D eigenvalue weighted by Gasteiger charge is -2.13. The van der Waals surface area contributed by atoms with Crippen LogP contribution in [0.2, 0.25) is 0 Å². The molecule has 0 saturated carbocycles. The van der Waals surface area contributed by atoms with Gasteiger partial charge in [-0.25, -0.2) is 12.8 Å². The summed E-state index contributed by atoms with van der Waals surface area (Å²) in [4.78, 5) is 12.7. The molecule has 0 aliphatic carbocycles.